The lowest BCUT2D eigenvalue weighted by atomic mass is 10.1. The summed E-state index contributed by atoms with van der Waals surface area (Å²) in [6.45, 7) is 4.95. The highest BCUT2D eigenvalue weighted by molar-refractivity contribution is 5.67. The molecule has 0 aromatic carbocycles. The van der Waals surface area contributed by atoms with Gasteiger partial charge in [-0.05, 0) is 12.0 Å². The maximum Gasteiger partial charge on any atom is 0.152 e. The van der Waals surface area contributed by atoms with Crippen LogP contribution in [0.15, 0.2) is 30.9 Å². The number of hydrogen-bond acceptors (Lipinski definition) is 4. The predicted molar refractivity (Wildman–Crippen MR) is 73.0 cm³/mol. The average Bonchev–Trinajstić information content (AvgIpc) is 3.05. The minimum absolute atomic E-state index is 0.404. The Hall–Kier alpha value is -2.37. The Balaban J connectivity index is 1.90. The fourth-order valence-electron chi connectivity index (χ4n) is 1.92. The number of anilines is 1. The number of rotatable bonds is 4. The van der Waals surface area contributed by atoms with Crippen molar-refractivity contribution in [3.8, 4) is 0 Å². The molecule has 6 nitrogen and oxygen atoms in total. The monoisotopic (exact) mass is 256 g/mol. The zero-order valence-electron chi connectivity index (χ0n) is 11.0. The predicted octanol–water partition coefficient (Wildman–Crippen LogP) is 2.19. The van der Waals surface area contributed by atoms with Gasteiger partial charge in [0.25, 0.3) is 0 Å². The molecule has 3 aromatic rings. The molecule has 2 N–H and O–H groups in total. The summed E-state index contributed by atoms with van der Waals surface area (Å²) >= 11 is 0. The van der Waals surface area contributed by atoms with Crippen molar-refractivity contribution < 1.29 is 0 Å². The molecule has 6 heteroatoms. The van der Waals surface area contributed by atoms with Crippen molar-refractivity contribution in [3.63, 3.8) is 0 Å². The molecule has 98 valence electrons. The number of hydrogen-bond donors (Lipinski definition) is 2. The van der Waals surface area contributed by atoms with E-state index in [1.54, 1.807) is 12.4 Å². The van der Waals surface area contributed by atoms with Gasteiger partial charge in [0.05, 0.1) is 11.9 Å². The van der Waals surface area contributed by atoms with Crippen LogP contribution in [0.3, 0.4) is 0 Å². The molecule has 0 unspecified atom stereocenters. The third kappa shape index (κ3) is 2.29. The fourth-order valence-corrected chi connectivity index (χ4v) is 1.92. The molecule has 3 aromatic heterocycles. The van der Waals surface area contributed by atoms with E-state index in [2.05, 4.69) is 45.5 Å². The van der Waals surface area contributed by atoms with Crippen LogP contribution in [0.1, 0.15) is 31.0 Å². The number of aromatic amines is 1. The topological polar surface area (TPSA) is 70.9 Å². The summed E-state index contributed by atoms with van der Waals surface area (Å²) in [5, 5.41) is 14.6. The Bertz CT molecular complexity index is 668. The van der Waals surface area contributed by atoms with Gasteiger partial charge >= 0.3 is 0 Å². The van der Waals surface area contributed by atoms with Gasteiger partial charge in [0.15, 0.2) is 5.82 Å². The lowest BCUT2D eigenvalue weighted by Crippen LogP contribution is -2.02. The third-order valence-corrected chi connectivity index (χ3v) is 3.02. The summed E-state index contributed by atoms with van der Waals surface area (Å²) in [6, 6.07) is 2.08. The highest BCUT2D eigenvalue weighted by Crippen LogP contribution is 2.20. The number of fused-ring (bicyclic) bond motifs is 1. The van der Waals surface area contributed by atoms with Crippen LogP contribution < -0.4 is 5.32 Å². The molecule has 19 heavy (non-hydrogen) atoms. The van der Waals surface area contributed by atoms with Crippen molar-refractivity contribution in [1.82, 2.24) is 24.8 Å². The minimum Gasteiger partial charge on any atom is -0.364 e. The summed E-state index contributed by atoms with van der Waals surface area (Å²) in [4.78, 5) is 4.38. The molecule has 0 radical (unpaired) electrons. The second kappa shape index (κ2) is 4.72. The first kappa shape index (κ1) is 11.7. The van der Waals surface area contributed by atoms with E-state index in [9.17, 15) is 0 Å². The van der Waals surface area contributed by atoms with E-state index in [0.717, 1.165) is 22.6 Å². The van der Waals surface area contributed by atoms with Crippen molar-refractivity contribution in [2.45, 2.75) is 26.3 Å². The molecular formula is C13H16N6. The van der Waals surface area contributed by atoms with E-state index >= 15 is 0 Å². The molecule has 0 fully saturated rings. The Morgan fingerprint density at radius 2 is 2.32 bits per heavy atom. The Labute approximate surface area is 110 Å². The lowest BCUT2D eigenvalue weighted by molar-refractivity contribution is 0.787. The number of nitrogens with zero attached hydrogens (tertiary/aromatic N) is 4. The van der Waals surface area contributed by atoms with Crippen LogP contribution >= 0.6 is 0 Å². The summed E-state index contributed by atoms with van der Waals surface area (Å²) in [6.07, 6.45) is 7.28. The standard InChI is InChI=1S/C13H16N6/c1-9(2)11-5-12-13(14-3-4-19(12)18-11)15-6-10-7-16-17-8-10/h3-5,7-9H,6H2,1-2H3,(H,14,15)(H,16,17). The van der Waals surface area contributed by atoms with Gasteiger partial charge < -0.3 is 5.32 Å². The summed E-state index contributed by atoms with van der Waals surface area (Å²) < 4.78 is 1.86. The SMILES string of the molecule is CC(C)c1cc2c(NCc3cn[nH]c3)nccn2n1. The van der Waals surface area contributed by atoms with Crippen LogP contribution in [0.25, 0.3) is 5.52 Å². The molecular weight excluding hydrogens is 240 g/mol. The smallest absolute Gasteiger partial charge is 0.152 e. The quantitative estimate of drug-likeness (QED) is 0.750. The zero-order chi connectivity index (χ0) is 13.2. The molecule has 0 aliphatic carbocycles. The largest absolute Gasteiger partial charge is 0.364 e. The van der Waals surface area contributed by atoms with Gasteiger partial charge in [-0.1, -0.05) is 13.8 Å². The van der Waals surface area contributed by atoms with Crippen LogP contribution in [0.2, 0.25) is 0 Å². The van der Waals surface area contributed by atoms with Gasteiger partial charge in [-0.25, -0.2) is 9.50 Å². The van der Waals surface area contributed by atoms with Crippen molar-refractivity contribution in [3.05, 3.63) is 42.1 Å². The molecule has 0 atom stereocenters. The van der Waals surface area contributed by atoms with Crippen LogP contribution in [0, 0.1) is 0 Å². The van der Waals surface area contributed by atoms with E-state index in [-0.39, 0.29) is 0 Å². The van der Waals surface area contributed by atoms with Crippen LogP contribution in [-0.2, 0) is 6.54 Å². The maximum absolute atomic E-state index is 4.54. The number of aromatic nitrogens is 5. The zero-order valence-corrected chi connectivity index (χ0v) is 11.0. The Morgan fingerprint density at radius 1 is 1.42 bits per heavy atom. The Morgan fingerprint density at radius 3 is 3.05 bits per heavy atom. The number of H-pyrrole nitrogens is 1. The molecule has 0 aliphatic rings. The average molecular weight is 256 g/mol. The van der Waals surface area contributed by atoms with Gasteiger partial charge in [0.1, 0.15) is 5.52 Å². The molecule has 0 saturated carbocycles. The van der Waals surface area contributed by atoms with Gasteiger partial charge in [0, 0.05) is 30.7 Å². The highest BCUT2D eigenvalue weighted by atomic mass is 15.2. The van der Waals surface area contributed by atoms with Crippen molar-refractivity contribution in [2.24, 2.45) is 0 Å². The van der Waals surface area contributed by atoms with E-state index < -0.39 is 0 Å². The first-order valence-electron chi connectivity index (χ1n) is 6.30. The van der Waals surface area contributed by atoms with Crippen molar-refractivity contribution in [2.75, 3.05) is 5.32 Å². The second-order valence-corrected chi connectivity index (χ2v) is 4.79. The second-order valence-electron chi connectivity index (χ2n) is 4.79. The lowest BCUT2D eigenvalue weighted by Gasteiger charge is -2.04. The Kier molecular flexibility index (Phi) is 2.91. The van der Waals surface area contributed by atoms with Crippen LogP contribution in [0.4, 0.5) is 5.82 Å². The molecule has 0 bridgehead atoms. The molecule has 0 amide bonds. The van der Waals surface area contributed by atoms with E-state index in [1.807, 2.05) is 16.9 Å². The summed E-state index contributed by atoms with van der Waals surface area (Å²) in [5.41, 5.74) is 3.15. The first-order valence-corrected chi connectivity index (χ1v) is 6.30. The van der Waals surface area contributed by atoms with Gasteiger partial charge in [-0.2, -0.15) is 10.2 Å². The highest BCUT2D eigenvalue weighted by Gasteiger charge is 2.09. The van der Waals surface area contributed by atoms with E-state index in [1.165, 1.54) is 0 Å². The maximum atomic E-state index is 4.54. The molecule has 0 spiro atoms. The van der Waals surface area contributed by atoms with E-state index in [4.69, 9.17) is 0 Å². The minimum atomic E-state index is 0.404. The molecule has 0 saturated heterocycles. The van der Waals surface area contributed by atoms with Gasteiger partial charge in [-0.15, -0.1) is 0 Å². The third-order valence-electron chi connectivity index (χ3n) is 3.02. The fraction of sp³-hybridized carbons (Fsp3) is 0.308. The molecule has 3 rings (SSSR count). The first-order chi connectivity index (χ1) is 9.24. The summed E-state index contributed by atoms with van der Waals surface area (Å²) in [7, 11) is 0. The van der Waals surface area contributed by atoms with E-state index in [0.29, 0.717) is 12.5 Å². The van der Waals surface area contributed by atoms with Crippen molar-refractivity contribution >= 4 is 11.3 Å². The molecule has 0 aliphatic heterocycles. The van der Waals surface area contributed by atoms with Gasteiger partial charge in [-0.3, -0.25) is 5.10 Å². The van der Waals surface area contributed by atoms with Gasteiger partial charge in [0.2, 0.25) is 0 Å². The van der Waals surface area contributed by atoms with Crippen molar-refractivity contribution in [1.29, 1.82) is 0 Å². The molecule has 3 heterocycles. The summed E-state index contributed by atoms with van der Waals surface area (Å²) in [5.74, 6) is 1.24. The van der Waals surface area contributed by atoms with Crippen LogP contribution in [-0.4, -0.2) is 24.8 Å². The normalized spacial score (nSPS) is 11.3. The number of nitrogens with one attached hydrogen (secondary N) is 2. The van der Waals surface area contributed by atoms with Crippen LogP contribution in [0.5, 0.6) is 0 Å².